The topological polar surface area (TPSA) is 0 Å². The van der Waals surface area contributed by atoms with Gasteiger partial charge < -0.3 is 0 Å². The van der Waals surface area contributed by atoms with Crippen LogP contribution in [-0.4, -0.2) is 0 Å². The Morgan fingerprint density at radius 3 is 1.48 bits per heavy atom. The van der Waals surface area contributed by atoms with Gasteiger partial charge in [-0.05, 0) is 146 Å². The molecule has 0 fully saturated rings. The summed E-state index contributed by atoms with van der Waals surface area (Å²) in [6.07, 6.45) is 0. The molecule has 0 bridgehead atoms. The van der Waals surface area contributed by atoms with Crippen molar-refractivity contribution in [2.75, 3.05) is 0 Å². The van der Waals surface area contributed by atoms with E-state index in [9.17, 15) is 0 Å². The molecule has 64 heavy (non-hydrogen) atoms. The molecule has 0 nitrogen and oxygen atoms in total. The zero-order valence-corrected chi connectivity index (χ0v) is 35.9. The van der Waals surface area contributed by atoms with Crippen LogP contribution >= 0.6 is 0 Å². The van der Waals surface area contributed by atoms with Crippen LogP contribution in [0.4, 0.5) is 0 Å². The van der Waals surface area contributed by atoms with E-state index in [0.29, 0.717) is 0 Å². The first-order valence-corrected chi connectivity index (χ1v) is 22.6. The normalized spacial score (nSPS) is 14.0. The summed E-state index contributed by atoms with van der Waals surface area (Å²) in [7, 11) is 0. The van der Waals surface area contributed by atoms with E-state index in [0.717, 1.165) is 0 Å². The van der Waals surface area contributed by atoms with Gasteiger partial charge in [-0.15, -0.1) is 0 Å². The minimum absolute atomic E-state index is 0.0658. The van der Waals surface area contributed by atoms with Gasteiger partial charge in [0, 0.05) is 5.41 Å². The summed E-state index contributed by atoms with van der Waals surface area (Å²) in [5, 5.41) is 7.52. The standard InChI is InChI=1S/C64H44/c1-63(2)57-27-15-13-24-50(57)55-39-45(33-36-58(55)63)62-53-26-12-11-25-52(53)61(54-35-31-44(38-56(54)62)43-30-29-41-17-9-10-18-42(41)37-43)46-32-34-51-49-23-14-16-28-59(49)64(60(51)40-46,47-19-5-3-6-20-47)48-21-7-4-8-22-48/h3-40H,1-2H3. The third kappa shape index (κ3) is 5.17. The van der Waals surface area contributed by atoms with Crippen LogP contribution in [0.2, 0.25) is 0 Å². The van der Waals surface area contributed by atoms with E-state index < -0.39 is 5.41 Å². The van der Waals surface area contributed by atoms with E-state index >= 15 is 0 Å². The van der Waals surface area contributed by atoms with Crippen LogP contribution in [0.3, 0.4) is 0 Å². The Kier molecular flexibility index (Phi) is 7.97. The van der Waals surface area contributed by atoms with Crippen molar-refractivity contribution in [3.8, 4) is 55.6 Å². The molecule has 0 unspecified atom stereocenters. The molecule has 0 heteroatoms. The Morgan fingerprint density at radius 1 is 0.266 bits per heavy atom. The van der Waals surface area contributed by atoms with Crippen LogP contribution in [0, 0.1) is 0 Å². The Bertz CT molecular complexity index is 3640. The van der Waals surface area contributed by atoms with Crippen LogP contribution in [0.15, 0.2) is 231 Å². The van der Waals surface area contributed by atoms with Gasteiger partial charge in [-0.3, -0.25) is 0 Å². The zero-order valence-electron chi connectivity index (χ0n) is 35.9. The van der Waals surface area contributed by atoms with Crippen molar-refractivity contribution in [3.05, 3.63) is 264 Å². The molecule has 0 radical (unpaired) electrons. The van der Waals surface area contributed by atoms with Crippen LogP contribution < -0.4 is 0 Å². The molecule has 2 aliphatic carbocycles. The van der Waals surface area contributed by atoms with Gasteiger partial charge in [0.2, 0.25) is 0 Å². The molecule has 0 heterocycles. The maximum Gasteiger partial charge on any atom is 0.0713 e. The minimum Gasteiger partial charge on any atom is -0.0622 e. The summed E-state index contributed by atoms with van der Waals surface area (Å²) in [6, 6.07) is 86.8. The molecular weight excluding hydrogens is 769 g/mol. The predicted octanol–water partition coefficient (Wildman–Crippen LogP) is 16.8. The third-order valence-corrected chi connectivity index (χ3v) is 14.7. The Balaban J connectivity index is 1.12. The molecule has 2 aliphatic rings. The molecule has 13 rings (SSSR count). The minimum atomic E-state index is -0.492. The molecule has 0 aliphatic heterocycles. The molecule has 0 saturated carbocycles. The lowest BCUT2D eigenvalue weighted by molar-refractivity contribution is 0.660. The first-order valence-electron chi connectivity index (χ1n) is 22.6. The molecule has 0 aromatic heterocycles. The number of fused-ring (bicyclic) bond motifs is 9. The van der Waals surface area contributed by atoms with E-state index in [-0.39, 0.29) is 5.41 Å². The highest BCUT2D eigenvalue weighted by Gasteiger charge is 2.46. The first kappa shape index (κ1) is 36.8. The van der Waals surface area contributed by atoms with E-state index in [4.69, 9.17) is 0 Å². The van der Waals surface area contributed by atoms with E-state index in [1.807, 2.05) is 0 Å². The Morgan fingerprint density at radius 2 is 0.750 bits per heavy atom. The van der Waals surface area contributed by atoms with Gasteiger partial charge in [0.05, 0.1) is 5.41 Å². The molecule has 0 saturated heterocycles. The second kappa shape index (κ2) is 13.9. The molecule has 0 atom stereocenters. The smallest absolute Gasteiger partial charge is 0.0622 e. The van der Waals surface area contributed by atoms with Crippen LogP contribution in [0.25, 0.3) is 88.0 Å². The highest BCUT2D eigenvalue weighted by molar-refractivity contribution is 6.22. The maximum atomic E-state index is 2.53. The molecule has 0 amide bonds. The summed E-state index contributed by atoms with van der Waals surface area (Å²) >= 11 is 0. The highest BCUT2D eigenvalue weighted by Crippen LogP contribution is 2.58. The lowest BCUT2D eigenvalue weighted by Gasteiger charge is -2.34. The molecule has 0 spiro atoms. The highest BCUT2D eigenvalue weighted by atomic mass is 14.5. The average Bonchev–Trinajstić information content (AvgIpc) is 3.78. The van der Waals surface area contributed by atoms with Crippen molar-refractivity contribution >= 4 is 32.3 Å². The van der Waals surface area contributed by atoms with E-state index in [2.05, 4.69) is 244 Å². The fourth-order valence-corrected chi connectivity index (χ4v) is 11.8. The van der Waals surface area contributed by atoms with Crippen molar-refractivity contribution in [1.29, 1.82) is 0 Å². The first-order chi connectivity index (χ1) is 31.5. The number of hydrogen-bond donors (Lipinski definition) is 0. The van der Waals surface area contributed by atoms with Crippen molar-refractivity contribution in [2.45, 2.75) is 24.7 Å². The average molecular weight is 813 g/mol. The molecule has 11 aromatic carbocycles. The van der Waals surface area contributed by atoms with Crippen LogP contribution in [0.5, 0.6) is 0 Å². The summed E-state index contributed by atoms with van der Waals surface area (Å²) in [6.45, 7) is 4.73. The van der Waals surface area contributed by atoms with Gasteiger partial charge in [0.1, 0.15) is 0 Å². The zero-order chi connectivity index (χ0) is 42.6. The lowest BCUT2D eigenvalue weighted by Crippen LogP contribution is -2.28. The number of rotatable bonds is 5. The summed E-state index contributed by atoms with van der Waals surface area (Å²) in [4.78, 5) is 0. The van der Waals surface area contributed by atoms with Crippen molar-refractivity contribution in [3.63, 3.8) is 0 Å². The number of hydrogen-bond acceptors (Lipinski definition) is 0. The third-order valence-electron chi connectivity index (χ3n) is 14.7. The second-order valence-electron chi connectivity index (χ2n) is 18.3. The van der Waals surface area contributed by atoms with Gasteiger partial charge >= 0.3 is 0 Å². The molecule has 0 N–H and O–H groups in total. The largest absolute Gasteiger partial charge is 0.0713 e. The molecular formula is C64H44. The van der Waals surface area contributed by atoms with E-state index in [1.54, 1.807) is 0 Å². The summed E-state index contributed by atoms with van der Waals surface area (Å²) in [5.41, 5.74) is 20.1. The second-order valence-corrected chi connectivity index (χ2v) is 18.3. The maximum absolute atomic E-state index is 2.53. The lowest BCUT2D eigenvalue weighted by atomic mass is 9.67. The Labute approximate surface area is 374 Å². The molecule has 11 aromatic rings. The van der Waals surface area contributed by atoms with Crippen molar-refractivity contribution < 1.29 is 0 Å². The van der Waals surface area contributed by atoms with Gasteiger partial charge in [0.25, 0.3) is 0 Å². The fourth-order valence-electron chi connectivity index (χ4n) is 11.8. The Hall–Kier alpha value is -7.80. The van der Waals surface area contributed by atoms with Gasteiger partial charge in [0.15, 0.2) is 0 Å². The van der Waals surface area contributed by atoms with Crippen molar-refractivity contribution in [1.82, 2.24) is 0 Å². The summed E-state index contributed by atoms with van der Waals surface area (Å²) < 4.78 is 0. The SMILES string of the molecule is CC1(C)c2ccccc2-c2cc(-c3c4ccccc4c(-c4ccc5c(c4)C(c4ccccc4)(c4ccccc4)c4ccccc4-5)c4ccc(-c5ccc6ccccc6c5)cc34)ccc21. The van der Waals surface area contributed by atoms with Crippen molar-refractivity contribution in [2.24, 2.45) is 0 Å². The molecule has 300 valence electrons. The quantitative estimate of drug-likeness (QED) is 0.152. The monoisotopic (exact) mass is 812 g/mol. The van der Waals surface area contributed by atoms with Crippen LogP contribution in [0.1, 0.15) is 47.2 Å². The number of benzene rings is 11. The van der Waals surface area contributed by atoms with Gasteiger partial charge in [-0.25, -0.2) is 0 Å². The van der Waals surface area contributed by atoms with Crippen LogP contribution in [-0.2, 0) is 10.8 Å². The summed E-state index contributed by atoms with van der Waals surface area (Å²) in [5.74, 6) is 0. The van der Waals surface area contributed by atoms with Gasteiger partial charge in [-0.2, -0.15) is 0 Å². The van der Waals surface area contributed by atoms with E-state index in [1.165, 1.54) is 121 Å². The fraction of sp³-hybridized carbons (Fsp3) is 0.0625. The predicted molar refractivity (Wildman–Crippen MR) is 270 cm³/mol. The van der Waals surface area contributed by atoms with Gasteiger partial charge in [-0.1, -0.05) is 220 Å².